The van der Waals surface area contributed by atoms with Gasteiger partial charge in [0.1, 0.15) is 0 Å². The molecule has 0 saturated heterocycles. The van der Waals surface area contributed by atoms with Crippen LogP contribution in [-0.4, -0.2) is 9.85 Å². The van der Waals surface area contributed by atoms with Crippen molar-refractivity contribution in [1.29, 1.82) is 0 Å². The van der Waals surface area contributed by atoms with E-state index in [1.807, 2.05) is 22.6 Å². The zero-order valence-electron chi connectivity index (χ0n) is 10.7. The third kappa shape index (κ3) is 3.88. The largest absolute Gasteiger partial charge is 0.380 e. The summed E-state index contributed by atoms with van der Waals surface area (Å²) in [6.07, 6.45) is 0. The van der Waals surface area contributed by atoms with E-state index in [-0.39, 0.29) is 11.4 Å². The summed E-state index contributed by atoms with van der Waals surface area (Å²) < 4.78 is 0.740. The molecule has 0 spiro atoms. The molecule has 2 aromatic rings. The number of hydrogen-bond donors (Lipinski definition) is 1. The number of hydrogen-bond acceptors (Lipinski definition) is 5. The van der Waals surface area contributed by atoms with Crippen LogP contribution in [-0.2, 0) is 6.54 Å². The fourth-order valence-electron chi connectivity index (χ4n) is 1.69. The van der Waals surface area contributed by atoms with Gasteiger partial charge in [-0.15, -0.1) is 0 Å². The minimum Gasteiger partial charge on any atom is -0.380 e. The molecule has 7 nitrogen and oxygen atoms in total. The first-order chi connectivity index (χ1) is 9.97. The fourth-order valence-corrected chi connectivity index (χ4v) is 2.38. The van der Waals surface area contributed by atoms with E-state index in [4.69, 9.17) is 0 Å². The molecular formula is C13H10IN3O4. The highest BCUT2D eigenvalue weighted by Gasteiger charge is 2.09. The Hall–Kier alpha value is -2.23. The molecule has 0 aliphatic heterocycles. The molecule has 0 radical (unpaired) electrons. The molecule has 21 heavy (non-hydrogen) atoms. The molecule has 108 valence electrons. The van der Waals surface area contributed by atoms with Crippen molar-refractivity contribution in [2.24, 2.45) is 0 Å². The van der Waals surface area contributed by atoms with Crippen LogP contribution in [0.3, 0.4) is 0 Å². The first-order valence-electron chi connectivity index (χ1n) is 5.88. The average Bonchev–Trinajstić information content (AvgIpc) is 2.46. The van der Waals surface area contributed by atoms with Crippen molar-refractivity contribution in [1.82, 2.24) is 0 Å². The first kappa shape index (κ1) is 15.2. The van der Waals surface area contributed by atoms with Crippen LogP contribution in [0.5, 0.6) is 0 Å². The number of nitrogens with one attached hydrogen (secondary N) is 1. The van der Waals surface area contributed by atoms with Crippen LogP contribution < -0.4 is 5.32 Å². The van der Waals surface area contributed by atoms with Crippen molar-refractivity contribution in [3.8, 4) is 0 Å². The summed E-state index contributed by atoms with van der Waals surface area (Å²) in [7, 11) is 0. The molecule has 2 aromatic carbocycles. The van der Waals surface area contributed by atoms with Crippen LogP contribution in [0.2, 0.25) is 0 Å². The smallest absolute Gasteiger partial charge is 0.270 e. The molecule has 0 aliphatic carbocycles. The standard InChI is InChI=1S/C13H10IN3O4/c14-12-7-11(17(20)21)5-6-13(12)15-8-9-1-3-10(4-2-9)16(18)19/h1-7,15H,8H2. The lowest BCUT2D eigenvalue weighted by molar-refractivity contribution is -0.385. The number of rotatable bonds is 5. The number of nitrogens with zero attached hydrogens (tertiary/aromatic N) is 2. The maximum absolute atomic E-state index is 10.7. The third-order valence-corrected chi connectivity index (χ3v) is 3.69. The Balaban J connectivity index is 2.06. The van der Waals surface area contributed by atoms with Gasteiger partial charge in [-0.1, -0.05) is 12.1 Å². The van der Waals surface area contributed by atoms with E-state index in [0.717, 1.165) is 14.8 Å². The average molecular weight is 399 g/mol. The number of anilines is 1. The van der Waals surface area contributed by atoms with Gasteiger partial charge in [-0.05, 0) is 34.2 Å². The highest BCUT2D eigenvalue weighted by atomic mass is 127. The van der Waals surface area contributed by atoms with Crippen molar-refractivity contribution < 1.29 is 9.85 Å². The summed E-state index contributed by atoms with van der Waals surface area (Å²) in [6, 6.07) is 10.8. The van der Waals surface area contributed by atoms with E-state index in [1.165, 1.54) is 24.3 Å². The quantitative estimate of drug-likeness (QED) is 0.470. The van der Waals surface area contributed by atoms with Crippen LogP contribution in [0.1, 0.15) is 5.56 Å². The molecule has 8 heteroatoms. The molecule has 0 amide bonds. The lowest BCUT2D eigenvalue weighted by Gasteiger charge is -2.08. The first-order valence-corrected chi connectivity index (χ1v) is 6.96. The van der Waals surface area contributed by atoms with Gasteiger partial charge in [0.25, 0.3) is 11.4 Å². The van der Waals surface area contributed by atoms with Crippen LogP contribution >= 0.6 is 22.6 Å². The molecule has 0 aromatic heterocycles. The predicted molar refractivity (Wildman–Crippen MR) is 86.2 cm³/mol. The van der Waals surface area contributed by atoms with Gasteiger partial charge in [-0.25, -0.2) is 0 Å². The normalized spacial score (nSPS) is 10.1. The lowest BCUT2D eigenvalue weighted by atomic mass is 10.2. The van der Waals surface area contributed by atoms with E-state index in [1.54, 1.807) is 18.2 Å². The van der Waals surface area contributed by atoms with E-state index < -0.39 is 9.85 Å². The summed E-state index contributed by atoms with van der Waals surface area (Å²) in [5, 5.41) is 24.4. The maximum atomic E-state index is 10.7. The van der Waals surface area contributed by atoms with Gasteiger partial charge >= 0.3 is 0 Å². The van der Waals surface area contributed by atoms with Gasteiger partial charge in [0.05, 0.1) is 9.85 Å². The van der Waals surface area contributed by atoms with Crippen LogP contribution in [0, 0.1) is 23.8 Å². The topological polar surface area (TPSA) is 98.3 Å². The van der Waals surface area contributed by atoms with Crippen molar-refractivity contribution in [2.75, 3.05) is 5.32 Å². The molecule has 0 fully saturated rings. The summed E-state index contributed by atoms with van der Waals surface area (Å²) in [6.45, 7) is 0.478. The summed E-state index contributed by atoms with van der Waals surface area (Å²) in [4.78, 5) is 20.3. The van der Waals surface area contributed by atoms with E-state index in [0.29, 0.717) is 6.54 Å². The van der Waals surface area contributed by atoms with Gasteiger partial charge in [-0.2, -0.15) is 0 Å². The Bertz CT molecular complexity index is 688. The van der Waals surface area contributed by atoms with Gasteiger partial charge in [-0.3, -0.25) is 20.2 Å². The molecule has 0 saturated carbocycles. The van der Waals surface area contributed by atoms with Crippen molar-refractivity contribution in [3.05, 3.63) is 71.8 Å². The highest BCUT2D eigenvalue weighted by molar-refractivity contribution is 14.1. The number of nitro groups is 2. The van der Waals surface area contributed by atoms with Crippen LogP contribution in [0.25, 0.3) is 0 Å². The second-order valence-electron chi connectivity index (χ2n) is 4.20. The number of non-ortho nitro benzene ring substituents is 2. The summed E-state index contributed by atoms with van der Waals surface area (Å²) >= 11 is 2.02. The zero-order valence-corrected chi connectivity index (χ0v) is 12.8. The SMILES string of the molecule is O=[N+]([O-])c1ccc(CNc2ccc([N+](=O)[O-])cc2I)cc1. The summed E-state index contributed by atoms with van der Waals surface area (Å²) in [5.74, 6) is 0. The van der Waals surface area contributed by atoms with E-state index >= 15 is 0 Å². The molecule has 0 heterocycles. The molecule has 0 aliphatic rings. The molecule has 0 atom stereocenters. The van der Waals surface area contributed by atoms with Crippen molar-refractivity contribution in [3.63, 3.8) is 0 Å². The van der Waals surface area contributed by atoms with E-state index in [2.05, 4.69) is 5.32 Å². The van der Waals surface area contributed by atoms with Crippen LogP contribution in [0.15, 0.2) is 42.5 Å². The third-order valence-electron chi connectivity index (χ3n) is 2.79. The lowest BCUT2D eigenvalue weighted by Crippen LogP contribution is -2.01. The minimum atomic E-state index is -0.448. The molecule has 0 unspecified atom stereocenters. The second-order valence-corrected chi connectivity index (χ2v) is 5.36. The molecular weight excluding hydrogens is 389 g/mol. The zero-order chi connectivity index (χ0) is 15.4. The highest BCUT2D eigenvalue weighted by Crippen LogP contribution is 2.24. The van der Waals surface area contributed by atoms with Gasteiger partial charge in [0.2, 0.25) is 0 Å². The predicted octanol–water partition coefficient (Wildman–Crippen LogP) is 3.72. The number of halogens is 1. The van der Waals surface area contributed by atoms with Crippen molar-refractivity contribution >= 4 is 39.7 Å². The van der Waals surface area contributed by atoms with Crippen LogP contribution in [0.4, 0.5) is 17.1 Å². The van der Waals surface area contributed by atoms with Gasteiger partial charge in [0.15, 0.2) is 0 Å². The fraction of sp³-hybridized carbons (Fsp3) is 0.0769. The monoisotopic (exact) mass is 399 g/mol. The Labute approximate surface area is 133 Å². The van der Waals surface area contributed by atoms with E-state index in [9.17, 15) is 20.2 Å². The van der Waals surface area contributed by atoms with Crippen molar-refractivity contribution in [2.45, 2.75) is 6.54 Å². The van der Waals surface area contributed by atoms with Gasteiger partial charge in [0, 0.05) is 40.1 Å². The summed E-state index contributed by atoms with van der Waals surface area (Å²) in [5.41, 5.74) is 1.75. The maximum Gasteiger partial charge on any atom is 0.270 e. The molecule has 2 rings (SSSR count). The Morgan fingerprint density at radius 1 is 0.952 bits per heavy atom. The van der Waals surface area contributed by atoms with Gasteiger partial charge < -0.3 is 5.32 Å². The second kappa shape index (κ2) is 6.48. The Morgan fingerprint density at radius 3 is 2.05 bits per heavy atom. The Morgan fingerprint density at radius 2 is 1.52 bits per heavy atom. The minimum absolute atomic E-state index is 0.0419. The number of benzene rings is 2. The molecule has 0 bridgehead atoms. The number of nitro benzene ring substituents is 2. The molecule has 1 N–H and O–H groups in total. The Kier molecular flexibility index (Phi) is 4.68.